The van der Waals surface area contributed by atoms with Crippen molar-refractivity contribution in [1.29, 1.82) is 0 Å². The first-order valence-electron chi connectivity index (χ1n) is 8.30. The molecule has 0 aromatic carbocycles. The fourth-order valence-electron chi connectivity index (χ4n) is 4.07. The maximum Gasteiger partial charge on any atom is 0.435 e. The Labute approximate surface area is 148 Å². The van der Waals surface area contributed by atoms with Gasteiger partial charge in [-0.2, -0.15) is 18.3 Å². The van der Waals surface area contributed by atoms with Crippen LogP contribution in [0.15, 0.2) is 0 Å². The van der Waals surface area contributed by atoms with E-state index in [4.69, 9.17) is 9.47 Å². The van der Waals surface area contributed by atoms with E-state index in [0.717, 1.165) is 0 Å². The highest BCUT2D eigenvalue weighted by Gasteiger charge is 2.64. The maximum absolute atomic E-state index is 14.7. The van der Waals surface area contributed by atoms with Crippen LogP contribution in [0.1, 0.15) is 41.9 Å². The van der Waals surface area contributed by atoms with Crippen molar-refractivity contribution < 1.29 is 45.3 Å². The first-order chi connectivity index (χ1) is 12.6. The predicted molar refractivity (Wildman–Crippen MR) is 73.6 cm³/mol. The van der Waals surface area contributed by atoms with Crippen molar-refractivity contribution in [3.8, 4) is 0 Å². The van der Waals surface area contributed by atoms with Crippen LogP contribution in [-0.4, -0.2) is 52.8 Å². The van der Waals surface area contributed by atoms with Gasteiger partial charge in [0.05, 0.1) is 30.5 Å². The standard InChI is InChI=1S/C15H15F7N2O3/c16-6-3-5(4-7(17)9(6)18)24-10-8(13(23-24)15(20,21)22)14(12(19)11(10)25)26-1-2-27-14/h5-7,9,11-12,25H,1-4H2/t5-,6-,7+,9-,11-,12-/m1/s1. The van der Waals surface area contributed by atoms with Crippen LogP contribution in [0, 0.1) is 0 Å². The van der Waals surface area contributed by atoms with Crippen LogP contribution >= 0.6 is 0 Å². The van der Waals surface area contributed by atoms with Crippen molar-refractivity contribution in [2.24, 2.45) is 0 Å². The lowest BCUT2D eigenvalue weighted by Crippen LogP contribution is -2.39. The molecule has 3 aliphatic rings. The molecule has 5 nitrogen and oxygen atoms in total. The highest BCUT2D eigenvalue weighted by Crippen LogP contribution is 2.55. The molecule has 4 rings (SSSR count). The van der Waals surface area contributed by atoms with Gasteiger partial charge in [0.25, 0.3) is 0 Å². The number of alkyl halides is 7. The molecule has 1 N–H and O–H groups in total. The number of nitrogens with zero attached hydrogens (tertiary/aromatic N) is 2. The third kappa shape index (κ3) is 2.59. The predicted octanol–water partition coefficient (Wildman–Crippen LogP) is 2.84. The van der Waals surface area contributed by atoms with E-state index in [1.807, 2.05) is 0 Å². The van der Waals surface area contributed by atoms with Crippen LogP contribution < -0.4 is 0 Å². The Bertz CT molecular complexity index is 722. The Hall–Kier alpha value is -1.40. The molecular formula is C15H15F7N2O3. The third-order valence-electron chi connectivity index (χ3n) is 5.23. The van der Waals surface area contributed by atoms with Gasteiger partial charge in [-0.05, 0) is 0 Å². The van der Waals surface area contributed by atoms with E-state index in [0.29, 0.717) is 4.68 Å². The summed E-state index contributed by atoms with van der Waals surface area (Å²) in [7, 11) is 0. The molecule has 152 valence electrons. The van der Waals surface area contributed by atoms with Crippen molar-refractivity contribution >= 4 is 0 Å². The lowest BCUT2D eigenvalue weighted by atomic mass is 9.90. The molecule has 1 aromatic rings. The molecule has 0 amide bonds. The minimum Gasteiger partial charge on any atom is -0.383 e. The number of aliphatic hydroxyl groups is 1. The minimum absolute atomic E-state index is 0.207. The molecule has 1 saturated carbocycles. The second kappa shape index (κ2) is 6.05. The van der Waals surface area contributed by atoms with E-state index in [-0.39, 0.29) is 13.2 Å². The summed E-state index contributed by atoms with van der Waals surface area (Å²) in [5.74, 6) is -2.49. The molecule has 1 aromatic heterocycles. The number of aliphatic hydroxyl groups excluding tert-OH is 1. The van der Waals surface area contributed by atoms with Gasteiger partial charge in [-0.1, -0.05) is 0 Å². The quantitative estimate of drug-likeness (QED) is 0.732. The fourth-order valence-corrected chi connectivity index (χ4v) is 4.07. The average molecular weight is 404 g/mol. The van der Waals surface area contributed by atoms with E-state index < -0.39 is 78.6 Å². The number of hydrogen-bond acceptors (Lipinski definition) is 4. The van der Waals surface area contributed by atoms with E-state index in [1.54, 1.807) is 0 Å². The van der Waals surface area contributed by atoms with Gasteiger partial charge in [0, 0.05) is 12.8 Å². The summed E-state index contributed by atoms with van der Waals surface area (Å²) in [5, 5.41) is 13.6. The number of hydrogen-bond donors (Lipinski definition) is 1. The fraction of sp³-hybridized carbons (Fsp3) is 0.800. The lowest BCUT2D eigenvalue weighted by molar-refractivity contribution is -0.222. The first kappa shape index (κ1) is 18.9. The molecule has 12 heteroatoms. The average Bonchev–Trinajstić information content (AvgIpc) is 3.26. The Morgan fingerprint density at radius 2 is 1.59 bits per heavy atom. The lowest BCUT2D eigenvalue weighted by Gasteiger charge is -2.31. The van der Waals surface area contributed by atoms with Crippen molar-refractivity contribution in [3.63, 3.8) is 0 Å². The smallest absolute Gasteiger partial charge is 0.383 e. The maximum atomic E-state index is 14.7. The van der Waals surface area contributed by atoms with Crippen molar-refractivity contribution in [1.82, 2.24) is 9.78 Å². The summed E-state index contributed by atoms with van der Waals surface area (Å²) in [6.07, 6.45) is -17.8. The number of halogens is 7. The summed E-state index contributed by atoms with van der Waals surface area (Å²) in [5.41, 5.74) is -3.01. The molecule has 27 heavy (non-hydrogen) atoms. The molecule has 2 aliphatic carbocycles. The van der Waals surface area contributed by atoms with E-state index in [9.17, 15) is 35.8 Å². The van der Waals surface area contributed by atoms with Crippen molar-refractivity contribution in [2.45, 2.75) is 61.6 Å². The molecule has 2 fully saturated rings. The third-order valence-corrected chi connectivity index (χ3v) is 5.23. The van der Waals surface area contributed by atoms with E-state index >= 15 is 0 Å². The molecular weight excluding hydrogens is 389 g/mol. The molecule has 6 atom stereocenters. The second-order valence-electron chi connectivity index (χ2n) is 6.86. The van der Waals surface area contributed by atoms with Gasteiger partial charge in [0.15, 0.2) is 18.0 Å². The summed E-state index contributed by atoms with van der Waals surface area (Å²) in [4.78, 5) is 0. The molecule has 1 saturated heterocycles. The summed E-state index contributed by atoms with van der Waals surface area (Å²) < 4.78 is 107. The molecule has 2 heterocycles. The zero-order valence-electron chi connectivity index (χ0n) is 13.6. The number of rotatable bonds is 1. The van der Waals surface area contributed by atoms with Gasteiger partial charge in [-0.25, -0.2) is 17.6 Å². The number of fused-ring (bicyclic) bond motifs is 2. The summed E-state index contributed by atoms with van der Waals surface area (Å²) in [6.45, 7) is -0.414. The minimum atomic E-state index is -5.07. The summed E-state index contributed by atoms with van der Waals surface area (Å²) >= 11 is 0. The van der Waals surface area contributed by atoms with Crippen molar-refractivity contribution in [2.75, 3.05) is 13.2 Å². The van der Waals surface area contributed by atoms with Crippen LogP contribution in [-0.2, 0) is 21.4 Å². The molecule has 0 bridgehead atoms. The Morgan fingerprint density at radius 3 is 2.11 bits per heavy atom. The topological polar surface area (TPSA) is 56.5 Å². The van der Waals surface area contributed by atoms with Gasteiger partial charge in [0.2, 0.25) is 5.79 Å². The van der Waals surface area contributed by atoms with Gasteiger partial charge in [-0.3, -0.25) is 4.68 Å². The second-order valence-corrected chi connectivity index (χ2v) is 6.86. The number of aromatic nitrogens is 2. The molecule has 1 aliphatic heterocycles. The van der Waals surface area contributed by atoms with Gasteiger partial charge in [0.1, 0.15) is 18.4 Å². The number of ether oxygens (including phenoxy) is 2. The van der Waals surface area contributed by atoms with Crippen LogP contribution in [0.25, 0.3) is 0 Å². The van der Waals surface area contributed by atoms with Gasteiger partial charge >= 0.3 is 6.18 Å². The Morgan fingerprint density at radius 1 is 1.04 bits per heavy atom. The normalized spacial score (nSPS) is 38.5. The van der Waals surface area contributed by atoms with Crippen LogP contribution in [0.3, 0.4) is 0 Å². The Kier molecular flexibility index (Phi) is 4.24. The van der Waals surface area contributed by atoms with E-state index in [1.165, 1.54) is 0 Å². The largest absolute Gasteiger partial charge is 0.435 e. The SMILES string of the molecule is O[C@@H]1c2c(c(C(F)(F)F)nn2[C@@H]2C[C@@H](F)[C@@H](F)[C@@H](F)C2)C2(OCCO2)[C@@H]1F. The highest BCUT2D eigenvalue weighted by molar-refractivity contribution is 5.42. The van der Waals surface area contributed by atoms with Gasteiger partial charge in [-0.15, -0.1) is 0 Å². The molecule has 0 unspecified atom stereocenters. The molecule has 1 spiro atoms. The van der Waals surface area contributed by atoms with Crippen LogP contribution in [0.5, 0.6) is 0 Å². The van der Waals surface area contributed by atoms with Crippen molar-refractivity contribution in [3.05, 3.63) is 17.0 Å². The summed E-state index contributed by atoms with van der Waals surface area (Å²) in [6, 6.07) is -1.33. The highest BCUT2D eigenvalue weighted by atomic mass is 19.4. The van der Waals surface area contributed by atoms with Crippen LogP contribution in [0.4, 0.5) is 30.7 Å². The Balaban J connectivity index is 1.87. The van der Waals surface area contributed by atoms with Crippen LogP contribution in [0.2, 0.25) is 0 Å². The van der Waals surface area contributed by atoms with E-state index in [2.05, 4.69) is 5.10 Å². The monoisotopic (exact) mass is 404 g/mol. The zero-order chi connectivity index (χ0) is 19.7. The molecule has 0 radical (unpaired) electrons. The van der Waals surface area contributed by atoms with Gasteiger partial charge < -0.3 is 14.6 Å². The zero-order valence-corrected chi connectivity index (χ0v) is 13.6. The first-order valence-corrected chi connectivity index (χ1v) is 8.30.